The van der Waals surface area contributed by atoms with Crippen molar-refractivity contribution in [2.45, 2.75) is 13.1 Å². The van der Waals surface area contributed by atoms with Crippen molar-refractivity contribution in [2.24, 2.45) is 12.0 Å². The standard InChI is InChI=1S/C16H23N7O2/c1-17-16(19-9-14-21-11-22-23(14)2)20-10-15(24)18-8-12-4-6-13(25-3)7-5-12/h4-7,11H,8-10H2,1-3H3,(H,18,24)(H2,17,19,20). The van der Waals surface area contributed by atoms with Gasteiger partial charge in [0.25, 0.3) is 0 Å². The van der Waals surface area contributed by atoms with Gasteiger partial charge in [-0.05, 0) is 17.7 Å². The SMILES string of the molecule is CN=C(NCC(=O)NCc1ccc(OC)cc1)NCc1ncnn1C. The molecule has 0 saturated carbocycles. The topological polar surface area (TPSA) is 105 Å². The highest BCUT2D eigenvalue weighted by atomic mass is 16.5. The minimum Gasteiger partial charge on any atom is -0.497 e. The fourth-order valence-electron chi connectivity index (χ4n) is 2.03. The van der Waals surface area contributed by atoms with E-state index in [1.54, 1.807) is 18.8 Å². The molecule has 0 aliphatic rings. The van der Waals surface area contributed by atoms with Crippen molar-refractivity contribution in [1.82, 2.24) is 30.7 Å². The fourth-order valence-corrected chi connectivity index (χ4v) is 2.03. The minimum atomic E-state index is -0.127. The van der Waals surface area contributed by atoms with Crippen molar-refractivity contribution >= 4 is 11.9 Å². The van der Waals surface area contributed by atoms with Gasteiger partial charge in [-0.3, -0.25) is 14.5 Å². The van der Waals surface area contributed by atoms with Crippen LogP contribution in [0.15, 0.2) is 35.6 Å². The van der Waals surface area contributed by atoms with Crippen LogP contribution in [0.1, 0.15) is 11.4 Å². The molecule has 1 aromatic heterocycles. The molecule has 0 aliphatic carbocycles. The van der Waals surface area contributed by atoms with Crippen molar-refractivity contribution < 1.29 is 9.53 Å². The summed E-state index contributed by atoms with van der Waals surface area (Å²) in [7, 11) is 5.07. The molecule has 2 rings (SSSR count). The number of guanidine groups is 1. The van der Waals surface area contributed by atoms with E-state index in [-0.39, 0.29) is 12.5 Å². The van der Waals surface area contributed by atoms with Gasteiger partial charge < -0.3 is 20.7 Å². The second-order valence-corrected chi connectivity index (χ2v) is 5.20. The first-order valence-corrected chi connectivity index (χ1v) is 7.79. The summed E-state index contributed by atoms with van der Waals surface area (Å²) >= 11 is 0. The lowest BCUT2D eigenvalue weighted by atomic mass is 10.2. The lowest BCUT2D eigenvalue weighted by Crippen LogP contribution is -2.43. The number of carbonyl (C=O) groups excluding carboxylic acids is 1. The van der Waals surface area contributed by atoms with Gasteiger partial charge in [0.1, 0.15) is 17.9 Å². The van der Waals surface area contributed by atoms with Gasteiger partial charge in [0.05, 0.1) is 20.2 Å². The second kappa shape index (κ2) is 9.26. The molecule has 0 spiro atoms. The van der Waals surface area contributed by atoms with E-state index in [0.717, 1.165) is 17.1 Å². The summed E-state index contributed by atoms with van der Waals surface area (Å²) < 4.78 is 6.77. The van der Waals surface area contributed by atoms with Crippen LogP contribution >= 0.6 is 0 Å². The Morgan fingerprint density at radius 3 is 2.56 bits per heavy atom. The molecule has 0 aliphatic heterocycles. The molecular formula is C16H23N7O2. The van der Waals surface area contributed by atoms with Crippen LogP contribution in [-0.4, -0.2) is 47.3 Å². The predicted octanol–water partition coefficient (Wildman–Crippen LogP) is -0.195. The normalized spacial score (nSPS) is 11.1. The zero-order valence-corrected chi connectivity index (χ0v) is 14.6. The van der Waals surface area contributed by atoms with E-state index in [4.69, 9.17) is 4.74 Å². The molecule has 0 radical (unpaired) electrons. The van der Waals surface area contributed by atoms with Crippen molar-refractivity contribution in [2.75, 3.05) is 20.7 Å². The monoisotopic (exact) mass is 345 g/mol. The smallest absolute Gasteiger partial charge is 0.239 e. The number of methoxy groups -OCH3 is 1. The van der Waals surface area contributed by atoms with Crippen LogP contribution in [0, 0.1) is 0 Å². The molecule has 1 aromatic carbocycles. The fraction of sp³-hybridized carbons (Fsp3) is 0.375. The first-order valence-electron chi connectivity index (χ1n) is 7.79. The molecule has 0 atom stereocenters. The van der Waals surface area contributed by atoms with E-state index < -0.39 is 0 Å². The Kier molecular flexibility index (Phi) is 6.76. The quantitative estimate of drug-likeness (QED) is 0.474. The van der Waals surface area contributed by atoms with Gasteiger partial charge in [-0.15, -0.1) is 0 Å². The Balaban J connectivity index is 1.71. The largest absolute Gasteiger partial charge is 0.497 e. The molecular weight excluding hydrogens is 322 g/mol. The van der Waals surface area contributed by atoms with E-state index in [1.165, 1.54) is 6.33 Å². The van der Waals surface area contributed by atoms with E-state index >= 15 is 0 Å². The zero-order chi connectivity index (χ0) is 18.1. The van der Waals surface area contributed by atoms with Crippen molar-refractivity contribution in [3.05, 3.63) is 42.0 Å². The first-order chi connectivity index (χ1) is 12.1. The molecule has 3 N–H and O–H groups in total. The predicted molar refractivity (Wildman–Crippen MR) is 94.0 cm³/mol. The molecule has 1 heterocycles. The number of amides is 1. The maximum absolute atomic E-state index is 11.9. The van der Waals surface area contributed by atoms with Crippen LogP contribution in [0.2, 0.25) is 0 Å². The number of aliphatic imine (C=N–C) groups is 1. The highest BCUT2D eigenvalue weighted by Crippen LogP contribution is 2.10. The Bertz CT molecular complexity index is 710. The van der Waals surface area contributed by atoms with Gasteiger partial charge in [-0.2, -0.15) is 5.10 Å². The van der Waals surface area contributed by atoms with Crippen molar-refractivity contribution in [3.8, 4) is 5.75 Å². The van der Waals surface area contributed by atoms with Crippen LogP contribution in [0.4, 0.5) is 0 Å². The van der Waals surface area contributed by atoms with Crippen molar-refractivity contribution in [3.63, 3.8) is 0 Å². The highest BCUT2D eigenvalue weighted by Gasteiger charge is 2.05. The third-order valence-electron chi connectivity index (χ3n) is 3.51. The number of carbonyl (C=O) groups is 1. The molecule has 134 valence electrons. The lowest BCUT2D eigenvalue weighted by Gasteiger charge is -2.12. The third-order valence-corrected chi connectivity index (χ3v) is 3.51. The molecule has 9 nitrogen and oxygen atoms in total. The number of hydrogen-bond donors (Lipinski definition) is 3. The Hall–Kier alpha value is -3.10. The van der Waals surface area contributed by atoms with Crippen molar-refractivity contribution in [1.29, 1.82) is 0 Å². The molecule has 9 heteroatoms. The number of nitrogens with one attached hydrogen (secondary N) is 3. The third kappa shape index (κ3) is 5.79. The van der Waals surface area contributed by atoms with Crippen LogP contribution < -0.4 is 20.7 Å². The number of hydrogen-bond acceptors (Lipinski definition) is 5. The summed E-state index contributed by atoms with van der Waals surface area (Å²) in [4.78, 5) is 20.1. The molecule has 0 fully saturated rings. The summed E-state index contributed by atoms with van der Waals surface area (Å²) in [6, 6.07) is 7.54. The van der Waals surface area contributed by atoms with Gasteiger partial charge in [0.15, 0.2) is 5.96 Å². The summed E-state index contributed by atoms with van der Waals surface area (Å²) in [6.07, 6.45) is 1.49. The van der Waals surface area contributed by atoms with Crippen LogP contribution in [0.25, 0.3) is 0 Å². The van der Waals surface area contributed by atoms with E-state index in [2.05, 4.69) is 31.0 Å². The summed E-state index contributed by atoms with van der Waals surface area (Å²) in [6.45, 7) is 1.04. The van der Waals surface area contributed by atoms with Gasteiger partial charge in [0.2, 0.25) is 5.91 Å². The number of aryl methyl sites for hydroxylation is 1. The number of ether oxygens (including phenoxy) is 1. The second-order valence-electron chi connectivity index (χ2n) is 5.20. The Labute approximate surface area is 146 Å². The van der Waals surface area contributed by atoms with Crippen LogP contribution in [-0.2, 0) is 24.9 Å². The number of rotatable bonds is 7. The number of aromatic nitrogens is 3. The van der Waals surface area contributed by atoms with Gasteiger partial charge in [-0.1, -0.05) is 12.1 Å². The molecule has 2 aromatic rings. The van der Waals surface area contributed by atoms with Gasteiger partial charge in [-0.25, -0.2) is 4.98 Å². The molecule has 0 bridgehead atoms. The Morgan fingerprint density at radius 1 is 1.20 bits per heavy atom. The van der Waals surface area contributed by atoms with E-state index in [9.17, 15) is 4.79 Å². The lowest BCUT2D eigenvalue weighted by molar-refractivity contribution is -0.120. The zero-order valence-electron chi connectivity index (χ0n) is 14.6. The average molecular weight is 345 g/mol. The minimum absolute atomic E-state index is 0.120. The number of nitrogens with zero attached hydrogens (tertiary/aromatic N) is 4. The van der Waals surface area contributed by atoms with Gasteiger partial charge in [0, 0.05) is 20.6 Å². The summed E-state index contributed by atoms with van der Waals surface area (Å²) in [5, 5.41) is 12.9. The maximum atomic E-state index is 11.9. The molecule has 1 amide bonds. The highest BCUT2D eigenvalue weighted by molar-refractivity contribution is 5.86. The van der Waals surface area contributed by atoms with Gasteiger partial charge >= 0.3 is 0 Å². The summed E-state index contributed by atoms with van der Waals surface area (Å²) in [5.41, 5.74) is 0.999. The first kappa shape index (κ1) is 18.2. The summed E-state index contributed by atoms with van der Waals surface area (Å²) in [5.74, 6) is 1.95. The molecule has 25 heavy (non-hydrogen) atoms. The van der Waals surface area contributed by atoms with Crippen LogP contribution in [0.3, 0.4) is 0 Å². The average Bonchev–Trinajstić information content (AvgIpc) is 3.05. The van der Waals surface area contributed by atoms with Crippen LogP contribution in [0.5, 0.6) is 5.75 Å². The number of benzene rings is 1. The molecule has 0 saturated heterocycles. The Morgan fingerprint density at radius 2 is 1.96 bits per heavy atom. The van der Waals surface area contributed by atoms with E-state index in [1.807, 2.05) is 31.3 Å². The molecule has 0 unspecified atom stereocenters. The van der Waals surface area contributed by atoms with E-state index in [0.29, 0.717) is 19.0 Å². The maximum Gasteiger partial charge on any atom is 0.239 e.